The van der Waals surface area contributed by atoms with Crippen LogP contribution in [0, 0.1) is 0 Å². The number of anilines is 1. The van der Waals surface area contributed by atoms with E-state index in [1.165, 1.54) is 0 Å². The van der Waals surface area contributed by atoms with Gasteiger partial charge in [0.25, 0.3) is 0 Å². The van der Waals surface area contributed by atoms with Gasteiger partial charge in [0.1, 0.15) is 0 Å². The molecule has 1 N–H and O–H groups in total. The molecule has 0 radical (unpaired) electrons. The lowest BCUT2D eigenvalue weighted by atomic mass is 10.1. The zero-order chi connectivity index (χ0) is 15.5. The average molecular weight is 368 g/mol. The van der Waals surface area contributed by atoms with Crippen LogP contribution in [0.5, 0.6) is 0 Å². The maximum Gasteiger partial charge on any atom is 0.178 e. The van der Waals surface area contributed by atoms with Crippen LogP contribution < -0.4 is 5.32 Å². The van der Waals surface area contributed by atoms with Gasteiger partial charge >= 0.3 is 0 Å². The highest BCUT2D eigenvalue weighted by Gasteiger charge is 2.12. The summed E-state index contributed by atoms with van der Waals surface area (Å²) in [6.07, 6.45) is 0. The van der Waals surface area contributed by atoms with E-state index in [-0.39, 0.29) is 11.8 Å². The van der Waals surface area contributed by atoms with Crippen molar-refractivity contribution in [1.82, 2.24) is 0 Å². The van der Waals surface area contributed by atoms with E-state index in [9.17, 15) is 8.42 Å². The summed E-state index contributed by atoms with van der Waals surface area (Å²) in [5.74, 6) is 0.118. The summed E-state index contributed by atoms with van der Waals surface area (Å²) in [5, 5.41) is 3.37. The Labute approximate surface area is 134 Å². The number of benzene rings is 2. The fourth-order valence-electron chi connectivity index (χ4n) is 2.08. The van der Waals surface area contributed by atoms with Gasteiger partial charge in [0, 0.05) is 16.2 Å². The van der Waals surface area contributed by atoms with Crippen molar-refractivity contribution in [2.45, 2.75) is 24.8 Å². The van der Waals surface area contributed by atoms with Crippen molar-refractivity contribution in [3.05, 3.63) is 58.6 Å². The number of sulfone groups is 1. The molecular formula is C16H18BrNO2S. The molecule has 0 saturated carbocycles. The summed E-state index contributed by atoms with van der Waals surface area (Å²) in [4.78, 5) is 0.365. The topological polar surface area (TPSA) is 46.2 Å². The Balaban J connectivity index is 2.16. The minimum absolute atomic E-state index is 0.118. The monoisotopic (exact) mass is 367 g/mol. The summed E-state index contributed by atoms with van der Waals surface area (Å²) in [6, 6.07) is 15.0. The molecular weight excluding hydrogens is 350 g/mol. The first-order valence-corrected chi connectivity index (χ1v) is 9.22. The Hall–Kier alpha value is -1.33. The number of hydrogen-bond donors (Lipinski definition) is 1. The molecule has 2 aromatic rings. The van der Waals surface area contributed by atoms with E-state index in [2.05, 4.69) is 34.2 Å². The van der Waals surface area contributed by atoms with Crippen molar-refractivity contribution in [2.75, 3.05) is 11.1 Å². The zero-order valence-electron chi connectivity index (χ0n) is 12.0. The molecule has 0 heterocycles. The fourth-order valence-corrected chi connectivity index (χ4v) is 3.59. The van der Waals surface area contributed by atoms with E-state index in [0.717, 1.165) is 15.7 Å². The lowest BCUT2D eigenvalue weighted by Gasteiger charge is -2.17. The Morgan fingerprint density at radius 3 is 2.29 bits per heavy atom. The minimum atomic E-state index is -3.14. The quantitative estimate of drug-likeness (QED) is 0.850. The lowest BCUT2D eigenvalue weighted by molar-refractivity contribution is 0.597. The molecule has 0 fully saturated rings. The standard InChI is InChI=1S/C16H18BrNO2S/c1-3-21(19,20)14-10-8-13(9-11-14)18-12(2)15-6-4-5-7-16(15)17/h4-12,18H,3H2,1-2H3. The largest absolute Gasteiger partial charge is 0.378 e. The molecule has 3 nitrogen and oxygen atoms in total. The second kappa shape index (κ2) is 6.62. The first-order chi connectivity index (χ1) is 9.94. The molecule has 5 heteroatoms. The molecule has 0 bridgehead atoms. The van der Waals surface area contributed by atoms with Crippen LogP contribution in [0.2, 0.25) is 0 Å². The highest BCUT2D eigenvalue weighted by Crippen LogP contribution is 2.26. The predicted molar refractivity (Wildman–Crippen MR) is 90.3 cm³/mol. The van der Waals surface area contributed by atoms with Crippen LogP contribution >= 0.6 is 15.9 Å². The van der Waals surface area contributed by atoms with Gasteiger partial charge in [-0.3, -0.25) is 0 Å². The molecule has 21 heavy (non-hydrogen) atoms. The Bertz CT molecular complexity index is 711. The molecule has 0 spiro atoms. The highest BCUT2D eigenvalue weighted by molar-refractivity contribution is 9.10. The third kappa shape index (κ3) is 3.86. The summed E-state index contributed by atoms with van der Waals surface area (Å²) in [5.41, 5.74) is 2.05. The van der Waals surface area contributed by atoms with E-state index in [0.29, 0.717) is 4.90 Å². The summed E-state index contributed by atoms with van der Waals surface area (Å²) < 4.78 is 24.6. The number of hydrogen-bond acceptors (Lipinski definition) is 3. The van der Waals surface area contributed by atoms with Crippen molar-refractivity contribution in [1.29, 1.82) is 0 Å². The van der Waals surface area contributed by atoms with Gasteiger partial charge in [-0.25, -0.2) is 8.42 Å². The second-order valence-corrected chi connectivity index (χ2v) is 7.95. The number of nitrogens with one attached hydrogen (secondary N) is 1. The summed E-state index contributed by atoms with van der Waals surface area (Å²) in [6.45, 7) is 3.72. The lowest BCUT2D eigenvalue weighted by Crippen LogP contribution is -2.08. The first kappa shape index (κ1) is 16.0. The molecule has 0 aromatic heterocycles. The molecule has 0 aliphatic heterocycles. The molecule has 2 aromatic carbocycles. The van der Waals surface area contributed by atoms with Gasteiger partial charge < -0.3 is 5.32 Å². The van der Waals surface area contributed by atoms with Crippen LogP contribution in [0.3, 0.4) is 0 Å². The maximum absolute atomic E-state index is 11.8. The molecule has 0 aliphatic rings. The van der Waals surface area contributed by atoms with Gasteiger partial charge in [0.05, 0.1) is 10.6 Å². The number of rotatable bonds is 5. The normalized spacial score (nSPS) is 12.9. The van der Waals surface area contributed by atoms with Crippen LogP contribution in [-0.4, -0.2) is 14.2 Å². The molecule has 2 rings (SSSR count). The second-order valence-electron chi connectivity index (χ2n) is 4.82. The van der Waals surface area contributed by atoms with Crippen LogP contribution in [0.4, 0.5) is 5.69 Å². The van der Waals surface area contributed by atoms with Gasteiger partial charge in [-0.05, 0) is 42.8 Å². The molecule has 112 valence electrons. The van der Waals surface area contributed by atoms with Crippen LogP contribution in [0.25, 0.3) is 0 Å². The highest BCUT2D eigenvalue weighted by atomic mass is 79.9. The van der Waals surface area contributed by atoms with Crippen LogP contribution in [0.15, 0.2) is 57.9 Å². The molecule has 0 saturated heterocycles. The zero-order valence-corrected chi connectivity index (χ0v) is 14.4. The number of halogens is 1. The smallest absolute Gasteiger partial charge is 0.178 e. The van der Waals surface area contributed by atoms with Crippen molar-refractivity contribution < 1.29 is 8.42 Å². The van der Waals surface area contributed by atoms with Gasteiger partial charge in [-0.15, -0.1) is 0 Å². The van der Waals surface area contributed by atoms with Gasteiger partial charge in [-0.1, -0.05) is 41.1 Å². The van der Waals surface area contributed by atoms with E-state index in [1.807, 2.05) is 18.2 Å². The predicted octanol–water partition coefficient (Wildman–Crippen LogP) is 4.42. The molecule has 0 amide bonds. The Kier molecular flexibility index (Phi) is 5.06. The van der Waals surface area contributed by atoms with Crippen LogP contribution in [0.1, 0.15) is 25.5 Å². The molecule has 1 unspecified atom stereocenters. The van der Waals surface area contributed by atoms with E-state index in [1.54, 1.807) is 31.2 Å². The Morgan fingerprint density at radius 1 is 1.10 bits per heavy atom. The summed E-state index contributed by atoms with van der Waals surface area (Å²) >= 11 is 3.54. The average Bonchev–Trinajstić information content (AvgIpc) is 2.48. The minimum Gasteiger partial charge on any atom is -0.378 e. The Morgan fingerprint density at radius 2 is 1.71 bits per heavy atom. The van der Waals surface area contributed by atoms with Crippen molar-refractivity contribution >= 4 is 31.5 Å². The fraction of sp³-hybridized carbons (Fsp3) is 0.250. The van der Waals surface area contributed by atoms with Gasteiger partial charge in [0.15, 0.2) is 9.84 Å². The third-order valence-electron chi connectivity index (χ3n) is 3.35. The van der Waals surface area contributed by atoms with Crippen molar-refractivity contribution in [2.24, 2.45) is 0 Å². The summed E-state index contributed by atoms with van der Waals surface area (Å²) in [7, 11) is -3.14. The third-order valence-corrected chi connectivity index (χ3v) is 5.82. The van der Waals surface area contributed by atoms with Gasteiger partial charge in [-0.2, -0.15) is 0 Å². The maximum atomic E-state index is 11.8. The first-order valence-electron chi connectivity index (χ1n) is 6.78. The van der Waals surface area contributed by atoms with E-state index >= 15 is 0 Å². The van der Waals surface area contributed by atoms with E-state index < -0.39 is 9.84 Å². The van der Waals surface area contributed by atoms with Crippen molar-refractivity contribution in [3.8, 4) is 0 Å². The molecule has 0 aliphatic carbocycles. The van der Waals surface area contributed by atoms with Crippen LogP contribution in [-0.2, 0) is 9.84 Å². The SMILES string of the molecule is CCS(=O)(=O)c1ccc(NC(C)c2ccccc2Br)cc1. The van der Waals surface area contributed by atoms with Gasteiger partial charge in [0.2, 0.25) is 0 Å². The van der Waals surface area contributed by atoms with E-state index in [4.69, 9.17) is 0 Å². The molecule has 1 atom stereocenters. The van der Waals surface area contributed by atoms with Crippen molar-refractivity contribution in [3.63, 3.8) is 0 Å².